The van der Waals surface area contributed by atoms with Crippen LogP contribution in [0.15, 0.2) is 76.5 Å². The molecular weight excluding hydrogens is 318 g/mol. The molecule has 1 aliphatic heterocycles. The van der Waals surface area contributed by atoms with Crippen molar-refractivity contribution in [1.82, 2.24) is 0 Å². The van der Waals surface area contributed by atoms with Crippen molar-refractivity contribution in [1.29, 1.82) is 0 Å². The maximum absolute atomic E-state index is 11.3. The molecule has 0 fully saturated rings. The highest BCUT2D eigenvalue weighted by Crippen LogP contribution is 2.40. The molecule has 0 unspecified atom stereocenters. The van der Waals surface area contributed by atoms with Gasteiger partial charge in [-0.1, -0.05) is 66.4 Å². The minimum absolute atomic E-state index is 0.131. The van der Waals surface area contributed by atoms with Crippen molar-refractivity contribution >= 4 is 29.6 Å². The molecule has 1 aliphatic rings. The first-order chi connectivity index (χ1) is 11.7. The van der Waals surface area contributed by atoms with Crippen LogP contribution in [-0.2, 0) is 0 Å². The van der Waals surface area contributed by atoms with Gasteiger partial charge in [0.2, 0.25) is 0 Å². The normalized spacial score (nSPS) is 12.2. The van der Waals surface area contributed by atoms with Crippen molar-refractivity contribution in [2.45, 2.75) is 9.79 Å². The number of para-hydroxylation sites is 1. The molecule has 3 aromatic carbocycles. The second-order valence-corrected chi connectivity index (χ2v) is 6.58. The van der Waals surface area contributed by atoms with Crippen molar-refractivity contribution in [2.75, 3.05) is 0 Å². The first-order valence-electron chi connectivity index (χ1n) is 7.55. The number of benzene rings is 3. The van der Waals surface area contributed by atoms with E-state index in [1.54, 1.807) is 30.0 Å². The minimum atomic E-state index is -0.330. The minimum Gasteiger partial charge on any atom is -0.258 e. The van der Waals surface area contributed by atoms with Crippen LogP contribution in [0.4, 0.5) is 5.69 Å². The third-order valence-electron chi connectivity index (χ3n) is 4.01. The molecule has 0 bridgehead atoms. The molecule has 3 nitrogen and oxygen atoms in total. The molecule has 0 amide bonds. The Balaban J connectivity index is 1.83. The summed E-state index contributed by atoms with van der Waals surface area (Å²) in [6.45, 7) is 0. The summed E-state index contributed by atoms with van der Waals surface area (Å²) in [5.41, 5.74) is 3.95. The second-order valence-electron chi connectivity index (χ2n) is 5.50. The number of fused-ring (bicyclic) bond motifs is 2. The first kappa shape index (κ1) is 14.7. The summed E-state index contributed by atoms with van der Waals surface area (Å²) in [5.74, 6) is 0. The Bertz CT molecular complexity index is 979. The third kappa shape index (κ3) is 2.61. The Labute approximate surface area is 143 Å². The van der Waals surface area contributed by atoms with Gasteiger partial charge in [0.05, 0.1) is 10.5 Å². The highest BCUT2D eigenvalue weighted by Gasteiger charge is 2.16. The van der Waals surface area contributed by atoms with Crippen molar-refractivity contribution in [3.05, 3.63) is 88.0 Å². The van der Waals surface area contributed by atoms with Crippen LogP contribution in [0.2, 0.25) is 0 Å². The second kappa shape index (κ2) is 5.98. The smallest absolute Gasteiger partial charge is 0.258 e. The first-order valence-corrected chi connectivity index (χ1v) is 8.37. The fourth-order valence-corrected chi connectivity index (χ4v) is 3.89. The highest BCUT2D eigenvalue weighted by molar-refractivity contribution is 7.99. The van der Waals surface area contributed by atoms with E-state index in [1.807, 2.05) is 36.4 Å². The average molecular weight is 331 g/mol. The van der Waals surface area contributed by atoms with Gasteiger partial charge >= 0.3 is 0 Å². The molecule has 24 heavy (non-hydrogen) atoms. The summed E-state index contributed by atoms with van der Waals surface area (Å²) in [6, 6.07) is 21.1. The molecule has 0 aromatic heterocycles. The number of hydrogen-bond donors (Lipinski definition) is 0. The Hall–Kier alpha value is -2.85. The fourth-order valence-electron chi connectivity index (χ4n) is 2.81. The predicted octanol–water partition coefficient (Wildman–Crippen LogP) is 5.90. The molecule has 0 aliphatic carbocycles. The van der Waals surface area contributed by atoms with Crippen LogP contribution in [0.3, 0.4) is 0 Å². The van der Waals surface area contributed by atoms with Crippen molar-refractivity contribution < 1.29 is 4.92 Å². The van der Waals surface area contributed by atoms with E-state index >= 15 is 0 Å². The van der Waals surface area contributed by atoms with Crippen LogP contribution in [0, 0.1) is 10.1 Å². The molecule has 116 valence electrons. The summed E-state index contributed by atoms with van der Waals surface area (Å²) in [6.07, 6.45) is 4.20. The SMILES string of the molecule is O=[N+]([O-])c1ccccc1-c1ccc2c(c1)Sc1ccccc1C=C2. The average Bonchev–Trinajstić information content (AvgIpc) is 2.80. The summed E-state index contributed by atoms with van der Waals surface area (Å²) in [7, 11) is 0. The lowest BCUT2D eigenvalue weighted by atomic mass is 10.0. The standard InChI is InChI=1S/C20H13NO2S/c22-21(23)18-7-3-2-6-17(18)16-12-11-15-10-9-14-5-1-4-8-19(14)24-20(15)13-16/h1-13H. The van der Waals surface area contributed by atoms with Gasteiger partial charge in [0, 0.05) is 15.9 Å². The lowest BCUT2D eigenvalue weighted by Crippen LogP contribution is -1.92. The van der Waals surface area contributed by atoms with Crippen molar-refractivity contribution in [3.8, 4) is 11.1 Å². The van der Waals surface area contributed by atoms with Gasteiger partial charge in [0.15, 0.2) is 0 Å². The third-order valence-corrected chi connectivity index (χ3v) is 5.17. The van der Waals surface area contributed by atoms with E-state index in [0.717, 1.165) is 16.0 Å². The maximum atomic E-state index is 11.3. The summed E-state index contributed by atoms with van der Waals surface area (Å²) in [4.78, 5) is 13.3. The number of hydrogen-bond acceptors (Lipinski definition) is 3. The molecule has 0 saturated carbocycles. The van der Waals surface area contributed by atoms with Crippen LogP contribution in [-0.4, -0.2) is 4.92 Å². The van der Waals surface area contributed by atoms with Gasteiger partial charge in [0.25, 0.3) is 5.69 Å². The van der Waals surface area contributed by atoms with Crippen molar-refractivity contribution in [3.63, 3.8) is 0 Å². The Morgan fingerprint density at radius 2 is 1.50 bits per heavy atom. The fraction of sp³-hybridized carbons (Fsp3) is 0. The van der Waals surface area contributed by atoms with Gasteiger partial charge in [0.1, 0.15) is 0 Å². The van der Waals surface area contributed by atoms with Gasteiger partial charge < -0.3 is 0 Å². The lowest BCUT2D eigenvalue weighted by Gasteiger charge is -2.09. The molecule has 4 rings (SSSR count). The van der Waals surface area contributed by atoms with E-state index in [2.05, 4.69) is 24.3 Å². The molecule has 0 spiro atoms. The number of rotatable bonds is 2. The summed E-state index contributed by atoms with van der Waals surface area (Å²) >= 11 is 1.69. The molecular formula is C20H13NO2S. The zero-order valence-corrected chi connectivity index (χ0v) is 13.5. The molecule has 1 heterocycles. The lowest BCUT2D eigenvalue weighted by molar-refractivity contribution is -0.384. The molecule has 3 aromatic rings. The summed E-state index contributed by atoms with van der Waals surface area (Å²) < 4.78 is 0. The largest absolute Gasteiger partial charge is 0.277 e. The van der Waals surface area contributed by atoms with Gasteiger partial charge in [-0.15, -0.1) is 0 Å². The van der Waals surface area contributed by atoms with E-state index in [9.17, 15) is 10.1 Å². The molecule has 0 atom stereocenters. The van der Waals surface area contributed by atoms with Crippen LogP contribution in [0.25, 0.3) is 23.3 Å². The van der Waals surface area contributed by atoms with Crippen LogP contribution in [0.1, 0.15) is 11.1 Å². The topological polar surface area (TPSA) is 43.1 Å². The number of nitro benzene ring substituents is 1. The van der Waals surface area contributed by atoms with Crippen LogP contribution in [0.5, 0.6) is 0 Å². The number of nitrogens with zero attached hydrogens (tertiary/aromatic N) is 1. The maximum Gasteiger partial charge on any atom is 0.277 e. The summed E-state index contributed by atoms with van der Waals surface area (Å²) in [5, 5.41) is 11.3. The zero-order valence-electron chi connectivity index (χ0n) is 12.7. The van der Waals surface area contributed by atoms with Gasteiger partial charge in [-0.05, 0) is 34.9 Å². The van der Waals surface area contributed by atoms with E-state index in [0.29, 0.717) is 5.56 Å². The Morgan fingerprint density at radius 1 is 0.792 bits per heavy atom. The van der Waals surface area contributed by atoms with E-state index in [-0.39, 0.29) is 10.6 Å². The predicted molar refractivity (Wildman–Crippen MR) is 98.0 cm³/mol. The van der Waals surface area contributed by atoms with E-state index < -0.39 is 0 Å². The van der Waals surface area contributed by atoms with E-state index in [1.165, 1.54) is 10.5 Å². The van der Waals surface area contributed by atoms with Gasteiger partial charge in [-0.3, -0.25) is 10.1 Å². The van der Waals surface area contributed by atoms with Crippen LogP contribution < -0.4 is 0 Å². The molecule has 0 saturated heterocycles. The molecule has 0 radical (unpaired) electrons. The quantitative estimate of drug-likeness (QED) is 0.339. The molecule has 4 heteroatoms. The monoisotopic (exact) mass is 331 g/mol. The zero-order chi connectivity index (χ0) is 16.5. The van der Waals surface area contributed by atoms with Gasteiger partial charge in [-0.25, -0.2) is 0 Å². The van der Waals surface area contributed by atoms with E-state index in [4.69, 9.17) is 0 Å². The Morgan fingerprint density at radius 3 is 2.33 bits per heavy atom. The Kier molecular flexibility index (Phi) is 3.67. The number of nitro groups is 1. The highest BCUT2D eigenvalue weighted by atomic mass is 32.2. The van der Waals surface area contributed by atoms with Crippen LogP contribution >= 0.6 is 11.8 Å². The van der Waals surface area contributed by atoms with Gasteiger partial charge in [-0.2, -0.15) is 0 Å². The molecule has 0 N–H and O–H groups in total. The van der Waals surface area contributed by atoms with Crippen molar-refractivity contribution in [2.24, 2.45) is 0 Å².